The summed E-state index contributed by atoms with van der Waals surface area (Å²) in [5, 5.41) is 2.95. The van der Waals surface area contributed by atoms with Crippen LogP contribution in [-0.4, -0.2) is 25.6 Å². The van der Waals surface area contributed by atoms with E-state index >= 15 is 0 Å². The van der Waals surface area contributed by atoms with E-state index in [4.69, 9.17) is 11.6 Å². The summed E-state index contributed by atoms with van der Waals surface area (Å²) in [5.74, 6) is -0.475. The van der Waals surface area contributed by atoms with Crippen LogP contribution < -0.4 is 5.32 Å². The predicted octanol–water partition coefficient (Wildman–Crippen LogP) is 3.32. The fraction of sp³-hybridized carbons (Fsp3) is 0.250. The Hall–Kier alpha value is -1.92. The summed E-state index contributed by atoms with van der Waals surface area (Å²) in [7, 11) is -3.42. The number of nitrogens with zero attached hydrogens (tertiary/aromatic N) is 1. The van der Waals surface area contributed by atoms with Crippen molar-refractivity contribution in [2.24, 2.45) is 0 Å². The SMILES string of the molecule is Cc1cc(C)c(NC(=O)c2cc(S(C)(=O)=O)ccc2Cl)c(C)n1. The molecule has 2 aromatic rings. The van der Waals surface area contributed by atoms with E-state index in [1.165, 1.54) is 18.2 Å². The van der Waals surface area contributed by atoms with Gasteiger partial charge in [-0.25, -0.2) is 8.42 Å². The first-order chi connectivity index (χ1) is 10.6. The minimum absolute atomic E-state index is 0.0440. The Kier molecular flexibility index (Phi) is 4.77. The molecular formula is C16H17ClN2O3S. The lowest BCUT2D eigenvalue weighted by molar-refractivity contribution is 0.102. The predicted molar refractivity (Wildman–Crippen MR) is 91.0 cm³/mol. The maximum absolute atomic E-state index is 12.5. The average molecular weight is 353 g/mol. The normalized spacial score (nSPS) is 11.3. The molecule has 0 unspecified atom stereocenters. The standard InChI is InChI=1S/C16H17ClN2O3S/c1-9-7-10(2)18-11(3)15(9)19-16(20)13-8-12(23(4,21)22)5-6-14(13)17/h5-8H,1-4H3,(H,19,20). The first kappa shape index (κ1) is 17.4. The second kappa shape index (κ2) is 6.29. The monoisotopic (exact) mass is 352 g/mol. The maximum atomic E-state index is 12.5. The van der Waals surface area contributed by atoms with E-state index in [0.717, 1.165) is 17.5 Å². The van der Waals surface area contributed by atoms with Gasteiger partial charge < -0.3 is 5.32 Å². The number of carbonyl (C=O) groups excluding carboxylic acids is 1. The molecule has 7 heteroatoms. The van der Waals surface area contributed by atoms with Crippen LogP contribution in [0.1, 0.15) is 27.3 Å². The van der Waals surface area contributed by atoms with Gasteiger partial charge in [0.05, 0.1) is 26.9 Å². The number of amides is 1. The van der Waals surface area contributed by atoms with E-state index in [2.05, 4.69) is 10.3 Å². The molecule has 0 aliphatic heterocycles. The molecule has 23 heavy (non-hydrogen) atoms. The number of aromatic nitrogens is 1. The van der Waals surface area contributed by atoms with Crippen molar-refractivity contribution in [1.82, 2.24) is 4.98 Å². The second-order valence-corrected chi connectivity index (χ2v) is 7.83. The number of anilines is 1. The molecule has 1 aromatic carbocycles. The van der Waals surface area contributed by atoms with Crippen LogP contribution >= 0.6 is 11.6 Å². The summed E-state index contributed by atoms with van der Waals surface area (Å²) in [6.07, 6.45) is 1.08. The van der Waals surface area contributed by atoms with Crippen LogP contribution in [0.5, 0.6) is 0 Å². The van der Waals surface area contributed by atoms with Crippen LogP contribution in [0.15, 0.2) is 29.2 Å². The van der Waals surface area contributed by atoms with E-state index < -0.39 is 15.7 Å². The highest BCUT2D eigenvalue weighted by Crippen LogP contribution is 2.24. The van der Waals surface area contributed by atoms with Gasteiger partial charge >= 0.3 is 0 Å². The van der Waals surface area contributed by atoms with Crippen molar-refractivity contribution in [2.75, 3.05) is 11.6 Å². The zero-order valence-electron chi connectivity index (χ0n) is 13.3. The zero-order chi connectivity index (χ0) is 17.4. The first-order valence-electron chi connectivity index (χ1n) is 6.85. The largest absolute Gasteiger partial charge is 0.320 e. The van der Waals surface area contributed by atoms with E-state index in [9.17, 15) is 13.2 Å². The summed E-state index contributed by atoms with van der Waals surface area (Å²) >= 11 is 6.04. The number of aryl methyl sites for hydroxylation is 3. The summed E-state index contributed by atoms with van der Waals surface area (Å²) in [5.41, 5.74) is 3.12. The van der Waals surface area contributed by atoms with Crippen LogP contribution in [0, 0.1) is 20.8 Å². The van der Waals surface area contributed by atoms with Crippen molar-refractivity contribution in [3.63, 3.8) is 0 Å². The van der Waals surface area contributed by atoms with Gasteiger partial charge in [0.2, 0.25) is 0 Å². The minimum Gasteiger partial charge on any atom is -0.320 e. The van der Waals surface area contributed by atoms with Crippen molar-refractivity contribution in [1.29, 1.82) is 0 Å². The molecule has 1 amide bonds. The molecule has 1 aromatic heterocycles. The quantitative estimate of drug-likeness (QED) is 0.919. The van der Waals surface area contributed by atoms with Gasteiger partial charge in [-0.1, -0.05) is 11.6 Å². The number of pyridine rings is 1. The van der Waals surface area contributed by atoms with E-state index in [1.807, 2.05) is 19.9 Å². The molecule has 122 valence electrons. The summed E-state index contributed by atoms with van der Waals surface area (Å²) in [4.78, 5) is 16.8. The van der Waals surface area contributed by atoms with Gasteiger partial charge in [0.1, 0.15) is 0 Å². The average Bonchev–Trinajstić information content (AvgIpc) is 2.41. The third-order valence-electron chi connectivity index (χ3n) is 3.37. The molecule has 0 aliphatic rings. The molecule has 0 spiro atoms. The number of hydrogen-bond donors (Lipinski definition) is 1. The molecule has 0 saturated heterocycles. The Labute approximate surface area is 140 Å². The van der Waals surface area contributed by atoms with Gasteiger partial charge in [-0.15, -0.1) is 0 Å². The first-order valence-corrected chi connectivity index (χ1v) is 9.12. The topological polar surface area (TPSA) is 76.1 Å². The van der Waals surface area contributed by atoms with E-state index in [0.29, 0.717) is 11.4 Å². The van der Waals surface area contributed by atoms with Crippen molar-refractivity contribution in [3.8, 4) is 0 Å². The third-order valence-corrected chi connectivity index (χ3v) is 4.81. The van der Waals surface area contributed by atoms with E-state index in [-0.39, 0.29) is 15.5 Å². The van der Waals surface area contributed by atoms with Crippen molar-refractivity contribution in [2.45, 2.75) is 25.7 Å². The zero-order valence-corrected chi connectivity index (χ0v) is 14.8. The Bertz CT molecular complexity index is 869. The molecule has 1 heterocycles. The lowest BCUT2D eigenvalue weighted by atomic mass is 10.1. The smallest absolute Gasteiger partial charge is 0.257 e. The summed E-state index contributed by atoms with van der Waals surface area (Å²) in [6, 6.07) is 5.91. The number of sulfone groups is 1. The summed E-state index contributed by atoms with van der Waals surface area (Å²) in [6.45, 7) is 5.54. The fourth-order valence-electron chi connectivity index (χ4n) is 2.30. The number of halogens is 1. The van der Waals surface area contributed by atoms with Gasteiger partial charge in [0.25, 0.3) is 5.91 Å². The van der Waals surface area contributed by atoms with Crippen LogP contribution in [0.2, 0.25) is 5.02 Å². The molecule has 2 rings (SSSR count). The molecule has 0 fully saturated rings. The Morgan fingerprint density at radius 3 is 2.39 bits per heavy atom. The van der Waals surface area contributed by atoms with Crippen molar-refractivity contribution < 1.29 is 13.2 Å². The highest BCUT2D eigenvalue weighted by atomic mass is 35.5. The Morgan fingerprint density at radius 2 is 1.83 bits per heavy atom. The molecule has 0 radical (unpaired) electrons. The van der Waals surface area contributed by atoms with Crippen molar-refractivity contribution in [3.05, 3.63) is 51.8 Å². The molecule has 0 saturated carbocycles. The molecule has 0 bridgehead atoms. The molecule has 1 N–H and O–H groups in total. The Balaban J connectivity index is 2.43. The number of hydrogen-bond acceptors (Lipinski definition) is 4. The van der Waals surface area contributed by atoms with Gasteiger partial charge in [-0.2, -0.15) is 0 Å². The summed E-state index contributed by atoms with van der Waals surface area (Å²) < 4.78 is 23.3. The maximum Gasteiger partial charge on any atom is 0.257 e. The lowest BCUT2D eigenvalue weighted by Crippen LogP contribution is -2.16. The van der Waals surface area contributed by atoms with Gasteiger partial charge in [-0.05, 0) is 50.6 Å². The van der Waals surface area contributed by atoms with Crippen LogP contribution in [0.25, 0.3) is 0 Å². The van der Waals surface area contributed by atoms with Gasteiger partial charge in [-0.3, -0.25) is 9.78 Å². The molecule has 5 nitrogen and oxygen atoms in total. The second-order valence-electron chi connectivity index (χ2n) is 5.41. The third kappa shape index (κ3) is 3.89. The molecule has 0 atom stereocenters. The van der Waals surface area contributed by atoms with Gasteiger partial charge in [0.15, 0.2) is 9.84 Å². The number of benzene rings is 1. The van der Waals surface area contributed by atoms with Crippen LogP contribution in [-0.2, 0) is 9.84 Å². The number of rotatable bonds is 3. The highest BCUT2D eigenvalue weighted by molar-refractivity contribution is 7.90. The highest BCUT2D eigenvalue weighted by Gasteiger charge is 2.17. The Morgan fingerprint density at radius 1 is 1.17 bits per heavy atom. The van der Waals surface area contributed by atoms with Crippen LogP contribution in [0.4, 0.5) is 5.69 Å². The molecular weight excluding hydrogens is 336 g/mol. The van der Waals surface area contributed by atoms with E-state index in [1.54, 1.807) is 6.92 Å². The number of carbonyl (C=O) groups is 1. The lowest BCUT2D eigenvalue weighted by Gasteiger charge is -2.13. The van der Waals surface area contributed by atoms with Gasteiger partial charge in [0, 0.05) is 11.9 Å². The fourth-order valence-corrected chi connectivity index (χ4v) is 3.15. The number of nitrogens with one attached hydrogen (secondary N) is 1. The van der Waals surface area contributed by atoms with Crippen LogP contribution in [0.3, 0.4) is 0 Å². The minimum atomic E-state index is -3.42. The molecule has 0 aliphatic carbocycles. The van der Waals surface area contributed by atoms with Crippen molar-refractivity contribution >= 4 is 33.0 Å².